The second-order valence-electron chi connectivity index (χ2n) is 28.8. The van der Waals surface area contributed by atoms with Crippen LogP contribution in [0.2, 0.25) is 0 Å². The Morgan fingerprint density at radius 2 is 0.600 bits per heavy atom. The first-order valence-electron chi connectivity index (χ1n) is 40.0. The summed E-state index contributed by atoms with van der Waals surface area (Å²) in [6.07, 6.45) is 91.7. The number of allylic oxidation sites excluding steroid dienone is 4. The largest absolute Gasteiger partial charge is 0.756 e. The Balaban J connectivity index is 3.87. The average Bonchev–Trinajstić information content (AvgIpc) is 3.61. The lowest BCUT2D eigenvalue weighted by Crippen LogP contribution is -2.37. The van der Waals surface area contributed by atoms with Gasteiger partial charge in [-0.15, -0.1) is 0 Å². The second-order valence-corrected chi connectivity index (χ2v) is 30.2. The second kappa shape index (κ2) is 71.8. The van der Waals surface area contributed by atoms with Gasteiger partial charge in [0, 0.05) is 12.8 Å². The van der Waals surface area contributed by atoms with Crippen LogP contribution in [0.5, 0.6) is 0 Å². The Morgan fingerprint density at radius 1 is 0.344 bits per heavy atom. The summed E-state index contributed by atoms with van der Waals surface area (Å²) in [4.78, 5) is 38.1. The zero-order chi connectivity index (χ0) is 65.5. The van der Waals surface area contributed by atoms with Gasteiger partial charge in [-0.25, -0.2) is 0 Å². The fourth-order valence-corrected chi connectivity index (χ4v) is 13.1. The Kier molecular flexibility index (Phi) is 70.6. The van der Waals surface area contributed by atoms with Crippen molar-refractivity contribution in [1.82, 2.24) is 0 Å². The lowest BCUT2D eigenvalue weighted by molar-refractivity contribution is -0.870. The van der Waals surface area contributed by atoms with Gasteiger partial charge in [-0.2, -0.15) is 0 Å². The summed E-state index contributed by atoms with van der Waals surface area (Å²) in [6.45, 7) is 4.32. The molecule has 0 aliphatic heterocycles. The van der Waals surface area contributed by atoms with Crippen LogP contribution in [0.4, 0.5) is 0 Å². The molecule has 0 aromatic carbocycles. The SMILES string of the molecule is CCCCCCC/C=C\C/C=C\CCCCCCCCCCCCCCCCCC(=O)OC(COC(=O)CCCCCCCCCCCCCCCCCCCCCCCCCCCCCCCCCCCCCCCCC)COP(=O)([O-])OCC[N+](C)(C)C. The molecule has 0 spiro atoms. The minimum atomic E-state index is -4.64. The molecular weight excluding hydrogens is 1130 g/mol. The molecule has 2 unspecified atom stereocenters. The molecule has 90 heavy (non-hydrogen) atoms. The normalized spacial score (nSPS) is 13.1. The first-order chi connectivity index (χ1) is 44.0. The molecule has 0 rings (SSSR count). The molecule has 0 aromatic rings. The van der Waals surface area contributed by atoms with Crippen LogP contribution in [0.15, 0.2) is 24.3 Å². The van der Waals surface area contributed by atoms with E-state index in [1.807, 2.05) is 21.1 Å². The molecule has 0 radical (unpaired) electrons. The third-order valence-corrected chi connectivity index (χ3v) is 19.4. The van der Waals surface area contributed by atoms with E-state index < -0.39 is 26.5 Å². The lowest BCUT2D eigenvalue weighted by atomic mass is 10.0. The van der Waals surface area contributed by atoms with Gasteiger partial charge in [-0.3, -0.25) is 14.2 Å². The third kappa shape index (κ3) is 75.5. The first kappa shape index (κ1) is 88.5. The smallest absolute Gasteiger partial charge is 0.306 e. The van der Waals surface area contributed by atoms with Gasteiger partial charge in [0.25, 0.3) is 7.82 Å². The Bertz CT molecular complexity index is 1560. The van der Waals surface area contributed by atoms with E-state index in [0.717, 1.165) is 38.5 Å². The Morgan fingerprint density at radius 3 is 0.878 bits per heavy atom. The molecule has 0 saturated carbocycles. The summed E-state index contributed by atoms with van der Waals surface area (Å²) in [5.74, 6) is -0.808. The number of carbonyl (C=O) groups is 2. The first-order valence-corrected chi connectivity index (χ1v) is 41.5. The maximum Gasteiger partial charge on any atom is 0.306 e. The van der Waals surface area contributed by atoms with Crippen LogP contribution in [0.25, 0.3) is 0 Å². The Hall–Kier alpha value is -1.51. The van der Waals surface area contributed by atoms with Gasteiger partial charge in [-0.1, -0.05) is 391 Å². The van der Waals surface area contributed by atoms with Gasteiger partial charge in [-0.05, 0) is 44.9 Å². The number of nitrogens with zero attached hydrogens (tertiary/aromatic N) is 1. The van der Waals surface area contributed by atoms with Crippen molar-refractivity contribution in [2.45, 2.75) is 431 Å². The van der Waals surface area contributed by atoms with Crippen LogP contribution in [0.1, 0.15) is 425 Å². The van der Waals surface area contributed by atoms with Crippen LogP contribution < -0.4 is 4.89 Å². The number of phosphoric ester groups is 1. The summed E-state index contributed by atoms with van der Waals surface area (Å²) in [5, 5.41) is 0. The summed E-state index contributed by atoms with van der Waals surface area (Å²) in [7, 11) is 1.19. The highest BCUT2D eigenvalue weighted by molar-refractivity contribution is 7.45. The summed E-state index contributed by atoms with van der Waals surface area (Å²) < 4.78 is 34.4. The van der Waals surface area contributed by atoms with E-state index in [4.69, 9.17) is 18.5 Å². The number of phosphoric acid groups is 1. The maximum absolute atomic E-state index is 12.9. The minimum absolute atomic E-state index is 0.0272. The van der Waals surface area contributed by atoms with E-state index in [2.05, 4.69) is 38.2 Å². The van der Waals surface area contributed by atoms with Gasteiger partial charge in [0.1, 0.15) is 19.8 Å². The molecule has 2 atom stereocenters. The highest BCUT2D eigenvalue weighted by atomic mass is 31.2. The molecule has 534 valence electrons. The van der Waals surface area contributed by atoms with E-state index in [9.17, 15) is 19.0 Å². The number of unbranched alkanes of at least 4 members (excludes halogenated alkanes) is 58. The number of hydrogen-bond acceptors (Lipinski definition) is 8. The molecular formula is C80H156NO8P. The summed E-state index contributed by atoms with van der Waals surface area (Å²) in [6, 6.07) is 0. The van der Waals surface area contributed by atoms with E-state index in [1.54, 1.807) is 0 Å². The van der Waals surface area contributed by atoms with Crippen molar-refractivity contribution in [3.05, 3.63) is 24.3 Å². The van der Waals surface area contributed by atoms with E-state index in [-0.39, 0.29) is 32.0 Å². The van der Waals surface area contributed by atoms with Crippen molar-refractivity contribution in [3.8, 4) is 0 Å². The predicted molar refractivity (Wildman–Crippen MR) is 388 cm³/mol. The van der Waals surface area contributed by atoms with E-state index >= 15 is 0 Å². The summed E-state index contributed by atoms with van der Waals surface area (Å²) in [5.41, 5.74) is 0. The monoisotopic (exact) mass is 1290 g/mol. The number of likely N-dealkylation sites (N-methyl/N-ethyl adjacent to an activating group) is 1. The van der Waals surface area contributed by atoms with Crippen molar-refractivity contribution in [2.75, 3.05) is 47.5 Å². The number of ether oxygens (including phenoxy) is 2. The molecule has 0 N–H and O–H groups in total. The van der Waals surface area contributed by atoms with Crippen LogP contribution in [0, 0.1) is 0 Å². The van der Waals surface area contributed by atoms with Crippen LogP contribution in [0.3, 0.4) is 0 Å². The lowest BCUT2D eigenvalue weighted by Gasteiger charge is -2.28. The topological polar surface area (TPSA) is 111 Å². The fourth-order valence-electron chi connectivity index (χ4n) is 12.3. The van der Waals surface area contributed by atoms with Gasteiger partial charge in [0.05, 0.1) is 27.7 Å². The molecule has 0 aromatic heterocycles. The number of hydrogen-bond donors (Lipinski definition) is 0. The van der Waals surface area contributed by atoms with Gasteiger partial charge < -0.3 is 27.9 Å². The molecule has 0 amide bonds. The molecule has 0 fully saturated rings. The van der Waals surface area contributed by atoms with Crippen molar-refractivity contribution < 1.29 is 42.1 Å². The zero-order valence-electron chi connectivity index (χ0n) is 61.1. The van der Waals surface area contributed by atoms with Gasteiger partial charge >= 0.3 is 11.9 Å². The Labute approximate surface area is 561 Å². The van der Waals surface area contributed by atoms with Crippen LogP contribution >= 0.6 is 7.82 Å². The highest BCUT2D eigenvalue weighted by Crippen LogP contribution is 2.38. The third-order valence-electron chi connectivity index (χ3n) is 18.5. The van der Waals surface area contributed by atoms with Gasteiger partial charge in [0.2, 0.25) is 0 Å². The molecule has 10 heteroatoms. The fraction of sp³-hybridized carbons (Fsp3) is 0.925. The highest BCUT2D eigenvalue weighted by Gasteiger charge is 2.22. The van der Waals surface area contributed by atoms with Crippen LogP contribution in [-0.4, -0.2) is 70.0 Å². The van der Waals surface area contributed by atoms with Crippen molar-refractivity contribution in [1.29, 1.82) is 0 Å². The molecule has 0 bridgehead atoms. The standard InChI is InChI=1S/C80H156NO8P/c1-6-8-10-12-14-16-18-20-22-24-26-28-30-32-34-35-36-37-38-39-40-41-42-43-44-45-47-48-50-52-54-56-58-60-62-64-66-68-70-72-79(82)86-76-78(77-88-90(84,85)87-75-74-81(3,4)5)89-80(83)73-71-69-67-65-63-61-59-57-55-53-51-49-46-33-31-29-27-25-23-21-19-17-15-13-11-9-7-2/h19,21,25,27,78H,6-18,20,22-24,26,28-77H2,1-5H3/b21-19-,27-25-. The molecule has 9 nitrogen and oxygen atoms in total. The molecule has 0 heterocycles. The van der Waals surface area contributed by atoms with Gasteiger partial charge in [0.15, 0.2) is 6.10 Å². The van der Waals surface area contributed by atoms with Crippen molar-refractivity contribution in [2.24, 2.45) is 0 Å². The predicted octanol–water partition coefficient (Wildman–Crippen LogP) is 25.8. The number of carbonyl (C=O) groups excluding carboxylic acids is 2. The van der Waals surface area contributed by atoms with Crippen LogP contribution in [-0.2, 0) is 32.7 Å². The van der Waals surface area contributed by atoms with E-state index in [1.165, 1.54) is 353 Å². The number of rotatable bonds is 76. The minimum Gasteiger partial charge on any atom is -0.756 e. The molecule has 0 aliphatic rings. The maximum atomic E-state index is 12.9. The number of quaternary nitrogens is 1. The average molecular weight is 1290 g/mol. The quantitative estimate of drug-likeness (QED) is 0.0195. The summed E-state index contributed by atoms with van der Waals surface area (Å²) >= 11 is 0. The zero-order valence-corrected chi connectivity index (χ0v) is 62.0. The molecule has 0 saturated heterocycles. The number of esters is 2. The van der Waals surface area contributed by atoms with E-state index in [0.29, 0.717) is 17.4 Å². The molecule has 0 aliphatic carbocycles. The van der Waals surface area contributed by atoms with Crippen molar-refractivity contribution in [3.63, 3.8) is 0 Å². The van der Waals surface area contributed by atoms with Crippen molar-refractivity contribution >= 4 is 19.8 Å².